The van der Waals surface area contributed by atoms with Crippen LogP contribution in [0.2, 0.25) is 0 Å². The van der Waals surface area contributed by atoms with E-state index in [1.807, 2.05) is 0 Å². The van der Waals surface area contributed by atoms with Gasteiger partial charge in [0.1, 0.15) is 18.1 Å². The molecule has 0 bridgehead atoms. The van der Waals surface area contributed by atoms with E-state index in [-0.39, 0.29) is 23.7 Å². The molecule has 2 aromatic rings. The summed E-state index contributed by atoms with van der Waals surface area (Å²) in [6, 6.07) is 6.17. The lowest BCUT2D eigenvalue weighted by Crippen LogP contribution is -2.05. The van der Waals surface area contributed by atoms with Crippen LogP contribution < -0.4 is 4.74 Å². The third-order valence-corrected chi connectivity index (χ3v) is 2.77. The molecule has 0 N–H and O–H groups in total. The molecule has 1 atom stereocenters. The summed E-state index contributed by atoms with van der Waals surface area (Å²) in [4.78, 5) is 13.7. The Kier molecular flexibility index (Phi) is 2.26. The standard InChI is InChI=1S/C11H8FN3O3/c12-8-3-1-7(2-4-8)9-5-14-6-10(15(16)17)13-11(14)18-9/h1-4,6,9H,5H2. The molecule has 18 heavy (non-hydrogen) atoms. The quantitative estimate of drug-likeness (QED) is 0.603. The van der Waals surface area contributed by atoms with Gasteiger partial charge in [-0.15, -0.1) is 0 Å². The highest BCUT2D eigenvalue weighted by Crippen LogP contribution is 2.32. The lowest BCUT2D eigenvalue weighted by molar-refractivity contribution is -0.389. The van der Waals surface area contributed by atoms with E-state index >= 15 is 0 Å². The Balaban J connectivity index is 1.83. The molecule has 0 fully saturated rings. The molecule has 0 radical (unpaired) electrons. The summed E-state index contributed by atoms with van der Waals surface area (Å²) in [7, 11) is 0. The highest BCUT2D eigenvalue weighted by Gasteiger charge is 2.31. The van der Waals surface area contributed by atoms with E-state index in [9.17, 15) is 14.5 Å². The Morgan fingerprint density at radius 3 is 2.78 bits per heavy atom. The van der Waals surface area contributed by atoms with Gasteiger partial charge in [0.25, 0.3) is 0 Å². The molecule has 1 aliphatic rings. The van der Waals surface area contributed by atoms with Crippen molar-refractivity contribution in [1.29, 1.82) is 0 Å². The van der Waals surface area contributed by atoms with Gasteiger partial charge >= 0.3 is 11.8 Å². The normalized spacial score (nSPS) is 17.3. The van der Waals surface area contributed by atoms with Crippen LogP contribution in [0.3, 0.4) is 0 Å². The molecule has 1 unspecified atom stereocenters. The van der Waals surface area contributed by atoms with Crippen LogP contribution in [0.4, 0.5) is 10.2 Å². The van der Waals surface area contributed by atoms with Gasteiger partial charge in [-0.1, -0.05) is 12.1 Å². The SMILES string of the molecule is O=[N+]([O-])c1cn2c(n1)OC(c1ccc(F)cc1)C2. The maximum absolute atomic E-state index is 12.8. The lowest BCUT2D eigenvalue weighted by Gasteiger charge is -2.08. The summed E-state index contributed by atoms with van der Waals surface area (Å²) in [6.45, 7) is 0.432. The number of hydrogen-bond acceptors (Lipinski definition) is 4. The van der Waals surface area contributed by atoms with Crippen LogP contribution in [0.5, 0.6) is 6.01 Å². The van der Waals surface area contributed by atoms with Gasteiger partial charge in [-0.25, -0.2) is 4.39 Å². The zero-order valence-corrected chi connectivity index (χ0v) is 9.12. The van der Waals surface area contributed by atoms with E-state index < -0.39 is 4.92 Å². The summed E-state index contributed by atoms with van der Waals surface area (Å²) in [5, 5.41) is 10.5. The van der Waals surface area contributed by atoms with E-state index in [0.717, 1.165) is 5.56 Å². The average Bonchev–Trinajstić information content (AvgIpc) is 2.87. The fourth-order valence-electron chi connectivity index (χ4n) is 1.89. The first kappa shape index (κ1) is 10.7. The molecule has 0 aliphatic carbocycles. The first-order valence-corrected chi connectivity index (χ1v) is 5.27. The average molecular weight is 249 g/mol. The molecule has 6 nitrogen and oxygen atoms in total. The van der Waals surface area contributed by atoms with Crippen LogP contribution >= 0.6 is 0 Å². The fraction of sp³-hybridized carbons (Fsp3) is 0.182. The van der Waals surface area contributed by atoms with Crippen molar-refractivity contribution >= 4 is 5.82 Å². The minimum absolute atomic E-state index is 0.219. The maximum Gasteiger partial charge on any atom is 0.415 e. The minimum Gasteiger partial charge on any atom is -0.436 e. The van der Waals surface area contributed by atoms with Crippen LogP contribution in [-0.4, -0.2) is 14.5 Å². The number of ether oxygens (including phenoxy) is 1. The van der Waals surface area contributed by atoms with Crippen molar-refractivity contribution in [2.24, 2.45) is 0 Å². The Morgan fingerprint density at radius 1 is 1.44 bits per heavy atom. The van der Waals surface area contributed by atoms with Crippen molar-refractivity contribution in [2.45, 2.75) is 12.6 Å². The predicted octanol–water partition coefficient (Wildman–Crippen LogP) is 2.06. The minimum atomic E-state index is -0.568. The van der Waals surface area contributed by atoms with Gasteiger partial charge in [-0.05, 0) is 22.6 Å². The monoisotopic (exact) mass is 249 g/mol. The second-order valence-electron chi connectivity index (χ2n) is 3.95. The fourth-order valence-corrected chi connectivity index (χ4v) is 1.89. The molecule has 0 spiro atoms. The van der Waals surface area contributed by atoms with Crippen molar-refractivity contribution in [3.05, 3.63) is 52.0 Å². The first-order valence-electron chi connectivity index (χ1n) is 5.27. The molecule has 0 amide bonds. The maximum atomic E-state index is 12.8. The van der Waals surface area contributed by atoms with Crippen LogP contribution in [-0.2, 0) is 6.54 Å². The van der Waals surface area contributed by atoms with Gasteiger partial charge in [-0.2, -0.15) is 0 Å². The summed E-state index contributed by atoms with van der Waals surface area (Å²) in [6.07, 6.45) is 1.05. The van der Waals surface area contributed by atoms with Crippen molar-refractivity contribution in [1.82, 2.24) is 9.55 Å². The molecule has 1 aliphatic heterocycles. The Labute approximate surface area is 101 Å². The van der Waals surface area contributed by atoms with Gasteiger partial charge < -0.3 is 14.9 Å². The molecule has 1 aromatic heterocycles. The molecular formula is C11H8FN3O3. The number of rotatable bonds is 2. The summed E-state index contributed by atoms with van der Waals surface area (Å²) in [5.41, 5.74) is 0.810. The number of aromatic nitrogens is 2. The van der Waals surface area contributed by atoms with E-state index in [1.165, 1.54) is 18.3 Å². The van der Waals surface area contributed by atoms with Crippen molar-refractivity contribution < 1.29 is 14.1 Å². The second-order valence-corrected chi connectivity index (χ2v) is 3.95. The first-order chi connectivity index (χ1) is 8.63. The Hall–Kier alpha value is -2.44. The number of imidazole rings is 1. The van der Waals surface area contributed by atoms with E-state index in [0.29, 0.717) is 6.54 Å². The molecule has 92 valence electrons. The highest BCUT2D eigenvalue weighted by molar-refractivity contribution is 5.26. The molecule has 3 rings (SSSR count). The van der Waals surface area contributed by atoms with E-state index in [4.69, 9.17) is 4.74 Å². The van der Waals surface area contributed by atoms with Crippen LogP contribution in [0, 0.1) is 15.9 Å². The zero-order chi connectivity index (χ0) is 12.7. The number of nitrogens with zero attached hydrogens (tertiary/aromatic N) is 3. The number of nitro groups is 1. The lowest BCUT2D eigenvalue weighted by atomic mass is 10.1. The largest absolute Gasteiger partial charge is 0.436 e. The zero-order valence-electron chi connectivity index (χ0n) is 9.12. The predicted molar refractivity (Wildman–Crippen MR) is 58.7 cm³/mol. The number of benzene rings is 1. The smallest absolute Gasteiger partial charge is 0.415 e. The van der Waals surface area contributed by atoms with Gasteiger partial charge in [-0.3, -0.25) is 4.57 Å². The summed E-state index contributed by atoms with van der Waals surface area (Å²) < 4.78 is 19.8. The van der Waals surface area contributed by atoms with Gasteiger partial charge in [0.2, 0.25) is 0 Å². The van der Waals surface area contributed by atoms with Crippen molar-refractivity contribution in [3.63, 3.8) is 0 Å². The van der Waals surface area contributed by atoms with Gasteiger partial charge in [0.05, 0.1) is 6.54 Å². The molecule has 0 saturated carbocycles. The Bertz CT molecular complexity index is 585. The molecule has 7 heteroatoms. The van der Waals surface area contributed by atoms with Crippen LogP contribution in [0.25, 0.3) is 0 Å². The molecular weight excluding hydrogens is 241 g/mol. The molecule has 1 aromatic carbocycles. The van der Waals surface area contributed by atoms with E-state index in [2.05, 4.69) is 4.98 Å². The van der Waals surface area contributed by atoms with Crippen LogP contribution in [0.1, 0.15) is 11.7 Å². The second kappa shape index (κ2) is 3.80. The molecule has 0 saturated heterocycles. The van der Waals surface area contributed by atoms with Gasteiger partial charge in [0, 0.05) is 4.98 Å². The highest BCUT2D eigenvalue weighted by atomic mass is 19.1. The van der Waals surface area contributed by atoms with Crippen LogP contribution in [0.15, 0.2) is 30.5 Å². The summed E-state index contributed by atoms with van der Waals surface area (Å²) >= 11 is 0. The topological polar surface area (TPSA) is 70.2 Å². The Morgan fingerprint density at radius 2 is 2.17 bits per heavy atom. The number of halogens is 1. The van der Waals surface area contributed by atoms with Gasteiger partial charge in [0.15, 0.2) is 0 Å². The molecule has 2 heterocycles. The number of hydrogen-bond donors (Lipinski definition) is 0. The third-order valence-electron chi connectivity index (χ3n) is 2.77. The van der Waals surface area contributed by atoms with E-state index in [1.54, 1.807) is 16.7 Å². The van der Waals surface area contributed by atoms with Crippen molar-refractivity contribution in [3.8, 4) is 6.01 Å². The third kappa shape index (κ3) is 1.69. The number of fused-ring (bicyclic) bond motifs is 1. The summed E-state index contributed by atoms with van der Waals surface area (Å²) in [5.74, 6) is -0.548. The van der Waals surface area contributed by atoms with Crippen molar-refractivity contribution in [2.75, 3.05) is 0 Å².